The quantitative estimate of drug-likeness (QED) is 0.698. The molecule has 0 saturated carbocycles. The predicted molar refractivity (Wildman–Crippen MR) is 44.2 cm³/mol. The average Bonchev–Trinajstić information content (AvgIpc) is 2.52. The van der Waals surface area contributed by atoms with Crippen LogP contribution in [0, 0.1) is 0 Å². The van der Waals surface area contributed by atoms with Gasteiger partial charge in [-0.25, -0.2) is 9.78 Å². The Morgan fingerprint density at radius 2 is 2.58 bits per heavy atom. The maximum Gasteiger partial charge on any atom is 0.357 e. The highest BCUT2D eigenvalue weighted by Crippen LogP contribution is 2.14. The van der Waals surface area contributed by atoms with E-state index in [4.69, 9.17) is 5.11 Å². The van der Waals surface area contributed by atoms with E-state index in [-0.39, 0.29) is 6.61 Å². The van der Waals surface area contributed by atoms with Crippen molar-refractivity contribution < 1.29 is 14.6 Å². The number of esters is 1. The zero-order valence-electron chi connectivity index (χ0n) is 6.61. The summed E-state index contributed by atoms with van der Waals surface area (Å²) >= 11 is 1.35. The molecule has 0 bridgehead atoms. The van der Waals surface area contributed by atoms with Crippen LogP contribution in [0.3, 0.4) is 0 Å². The third-order valence-corrected chi connectivity index (χ3v) is 2.25. The van der Waals surface area contributed by atoms with Crippen molar-refractivity contribution in [3.63, 3.8) is 0 Å². The van der Waals surface area contributed by atoms with Crippen LogP contribution in [-0.4, -0.2) is 29.8 Å². The first-order chi connectivity index (χ1) is 5.79. The van der Waals surface area contributed by atoms with Crippen LogP contribution in [0.25, 0.3) is 0 Å². The van der Waals surface area contributed by atoms with Crippen molar-refractivity contribution in [2.75, 3.05) is 13.7 Å². The number of nitrogens with zero attached hydrogens (tertiary/aromatic N) is 1. The van der Waals surface area contributed by atoms with Gasteiger partial charge in [-0.2, -0.15) is 0 Å². The van der Waals surface area contributed by atoms with E-state index in [0.29, 0.717) is 12.1 Å². The number of aliphatic hydroxyl groups is 1. The Hall–Kier alpha value is -0.940. The van der Waals surface area contributed by atoms with Crippen LogP contribution in [0.1, 0.15) is 15.4 Å². The van der Waals surface area contributed by atoms with Crippen LogP contribution in [0.2, 0.25) is 0 Å². The number of aliphatic hydroxyl groups excluding tert-OH is 1. The first-order valence-corrected chi connectivity index (χ1v) is 4.29. The Morgan fingerprint density at radius 1 is 1.83 bits per heavy atom. The maximum absolute atomic E-state index is 11.0. The van der Waals surface area contributed by atoms with E-state index in [2.05, 4.69) is 9.72 Å². The first kappa shape index (κ1) is 9.15. The molecule has 0 aliphatic rings. The lowest BCUT2D eigenvalue weighted by Gasteiger charge is -1.97. The number of rotatable bonds is 3. The summed E-state index contributed by atoms with van der Waals surface area (Å²) in [6.07, 6.45) is 0.453. The van der Waals surface area contributed by atoms with E-state index in [9.17, 15) is 4.79 Å². The molecule has 66 valence electrons. The summed E-state index contributed by atoms with van der Waals surface area (Å²) in [5.41, 5.74) is 1.88. The van der Waals surface area contributed by atoms with E-state index < -0.39 is 5.97 Å². The number of aromatic nitrogens is 1. The first-order valence-electron chi connectivity index (χ1n) is 3.41. The Labute approximate surface area is 73.8 Å². The summed E-state index contributed by atoms with van der Waals surface area (Å²) in [4.78, 5) is 15.6. The maximum atomic E-state index is 11.0. The molecule has 0 unspecified atom stereocenters. The summed E-state index contributed by atoms with van der Waals surface area (Å²) in [6, 6.07) is 0. The third-order valence-electron chi connectivity index (χ3n) is 1.36. The summed E-state index contributed by atoms with van der Waals surface area (Å²) < 4.78 is 4.51. The third kappa shape index (κ3) is 1.80. The van der Waals surface area contributed by atoms with Gasteiger partial charge >= 0.3 is 5.97 Å². The molecule has 5 heteroatoms. The lowest BCUT2D eigenvalue weighted by atomic mass is 10.3. The molecule has 0 aromatic carbocycles. The van der Waals surface area contributed by atoms with Gasteiger partial charge in [-0.15, -0.1) is 11.3 Å². The zero-order valence-corrected chi connectivity index (χ0v) is 7.43. The van der Waals surface area contributed by atoms with Crippen LogP contribution in [0.15, 0.2) is 5.51 Å². The van der Waals surface area contributed by atoms with Crippen LogP contribution in [0.4, 0.5) is 0 Å². The Morgan fingerprint density at radius 3 is 3.17 bits per heavy atom. The van der Waals surface area contributed by atoms with Crippen LogP contribution in [0.5, 0.6) is 0 Å². The number of hydrogen-bond donors (Lipinski definition) is 1. The fourth-order valence-electron chi connectivity index (χ4n) is 0.813. The standard InChI is InChI=1S/C7H9NO3S/c1-11-7(10)6-5(2-3-9)12-4-8-6/h4,9H,2-3H2,1H3. The molecule has 1 heterocycles. The SMILES string of the molecule is COC(=O)c1ncsc1CCO. The summed E-state index contributed by atoms with van der Waals surface area (Å²) in [6.45, 7) is 0.0200. The van der Waals surface area contributed by atoms with Crippen LogP contribution in [-0.2, 0) is 11.2 Å². The number of hydrogen-bond acceptors (Lipinski definition) is 5. The van der Waals surface area contributed by atoms with Gasteiger partial charge in [-0.1, -0.05) is 0 Å². The average molecular weight is 187 g/mol. The molecule has 0 aliphatic carbocycles. The fourth-order valence-corrected chi connectivity index (χ4v) is 1.55. The Bertz CT molecular complexity index is 271. The molecule has 0 fully saturated rings. The molecule has 0 aliphatic heterocycles. The molecule has 0 saturated heterocycles. The van der Waals surface area contributed by atoms with E-state index in [1.165, 1.54) is 18.4 Å². The van der Waals surface area contributed by atoms with Crippen LogP contribution >= 0.6 is 11.3 Å². The largest absolute Gasteiger partial charge is 0.464 e. The van der Waals surface area contributed by atoms with Gasteiger partial charge in [-0.05, 0) is 0 Å². The van der Waals surface area contributed by atoms with Gasteiger partial charge in [0.1, 0.15) is 0 Å². The van der Waals surface area contributed by atoms with Gasteiger partial charge < -0.3 is 9.84 Å². The predicted octanol–water partition coefficient (Wildman–Crippen LogP) is 0.465. The second-order valence-corrected chi connectivity index (χ2v) is 3.03. The topological polar surface area (TPSA) is 59.4 Å². The normalized spacial score (nSPS) is 9.83. The minimum atomic E-state index is -0.445. The van der Waals surface area contributed by atoms with Gasteiger partial charge in [0.25, 0.3) is 0 Å². The Balaban J connectivity index is 2.83. The van der Waals surface area contributed by atoms with Gasteiger partial charge in [-0.3, -0.25) is 0 Å². The van der Waals surface area contributed by atoms with Crippen molar-refractivity contribution in [1.82, 2.24) is 4.98 Å². The zero-order chi connectivity index (χ0) is 8.97. The highest BCUT2D eigenvalue weighted by Gasteiger charge is 2.13. The molecule has 0 radical (unpaired) electrons. The van der Waals surface area contributed by atoms with Crippen molar-refractivity contribution in [2.45, 2.75) is 6.42 Å². The van der Waals surface area contributed by atoms with Gasteiger partial charge in [0.2, 0.25) is 0 Å². The number of carbonyl (C=O) groups is 1. The summed E-state index contributed by atoms with van der Waals surface area (Å²) in [7, 11) is 1.31. The van der Waals surface area contributed by atoms with E-state index >= 15 is 0 Å². The highest BCUT2D eigenvalue weighted by molar-refractivity contribution is 7.09. The number of ether oxygens (including phenoxy) is 1. The number of carbonyl (C=O) groups excluding carboxylic acids is 1. The molecule has 0 atom stereocenters. The monoisotopic (exact) mass is 187 g/mol. The smallest absolute Gasteiger partial charge is 0.357 e. The Kier molecular flexibility index (Phi) is 3.19. The molecular formula is C7H9NO3S. The van der Waals surface area contributed by atoms with Crippen molar-refractivity contribution in [3.05, 3.63) is 16.1 Å². The molecule has 0 amide bonds. The van der Waals surface area contributed by atoms with Gasteiger partial charge in [0.05, 0.1) is 12.6 Å². The fraction of sp³-hybridized carbons (Fsp3) is 0.429. The molecule has 0 spiro atoms. The molecule has 1 aromatic heterocycles. The lowest BCUT2D eigenvalue weighted by Crippen LogP contribution is -2.05. The molecule has 12 heavy (non-hydrogen) atoms. The highest BCUT2D eigenvalue weighted by atomic mass is 32.1. The lowest BCUT2D eigenvalue weighted by molar-refractivity contribution is 0.0593. The summed E-state index contributed by atoms with van der Waals surface area (Å²) in [5.74, 6) is -0.445. The van der Waals surface area contributed by atoms with Gasteiger partial charge in [0.15, 0.2) is 5.69 Å². The minimum absolute atomic E-state index is 0.0200. The second kappa shape index (κ2) is 4.18. The van der Waals surface area contributed by atoms with E-state index in [1.54, 1.807) is 5.51 Å². The summed E-state index contributed by atoms with van der Waals surface area (Å²) in [5, 5.41) is 8.64. The van der Waals surface area contributed by atoms with Crippen LogP contribution < -0.4 is 0 Å². The van der Waals surface area contributed by atoms with Crippen molar-refractivity contribution in [1.29, 1.82) is 0 Å². The molecule has 1 aromatic rings. The molecule has 1 rings (SSSR count). The van der Waals surface area contributed by atoms with Crippen molar-refractivity contribution >= 4 is 17.3 Å². The molecule has 4 nitrogen and oxygen atoms in total. The van der Waals surface area contributed by atoms with Crippen molar-refractivity contribution in [2.24, 2.45) is 0 Å². The molecular weight excluding hydrogens is 178 g/mol. The minimum Gasteiger partial charge on any atom is -0.464 e. The number of thiazole rings is 1. The van der Waals surface area contributed by atoms with E-state index in [0.717, 1.165) is 4.88 Å². The van der Waals surface area contributed by atoms with E-state index in [1.807, 2.05) is 0 Å². The second-order valence-electron chi connectivity index (χ2n) is 2.09. The van der Waals surface area contributed by atoms with Gasteiger partial charge in [0, 0.05) is 17.9 Å². The van der Waals surface area contributed by atoms with Crippen molar-refractivity contribution in [3.8, 4) is 0 Å². The number of methoxy groups -OCH3 is 1. The molecule has 1 N–H and O–H groups in total.